The van der Waals surface area contributed by atoms with Crippen LogP contribution in [-0.4, -0.2) is 9.55 Å². The molecule has 0 bridgehead atoms. The number of fused-ring (bicyclic) bond motifs is 4. The van der Waals surface area contributed by atoms with E-state index in [0.29, 0.717) is 11.5 Å². The molecule has 3 heterocycles. The van der Waals surface area contributed by atoms with Gasteiger partial charge in [-0.2, -0.15) is 6.07 Å². The normalized spacial score (nSPS) is 12.7. The van der Waals surface area contributed by atoms with Crippen molar-refractivity contribution in [1.29, 1.82) is 0 Å². The molecule has 0 radical (unpaired) electrons. The van der Waals surface area contributed by atoms with E-state index in [9.17, 15) is 4.39 Å². The number of benzene rings is 7. The molecule has 2 aromatic heterocycles. The van der Waals surface area contributed by atoms with Gasteiger partial charge >= 0.3 is 0 Å². The summed E-state index contributed by atoms with van der Waals surface area (Å²) in [5.41, 5.74) is 11.9. The standard InChI is InChI=1S/C56H46FN4O.Pt/c1-55(2,3)40-29-30-58-53(33-40)61-49-20-11-10-17-46(49)47-28-27-43(35-52(47)61)62-44-32-39(37-15-8-7-9-16-37)31-42(34-44)59-36-60(51-22-13-12-21-50(51)59)54-45(38-23-25-41(57)26-24-38)18-14-19-48(54)56(4,5)6;/h7-33,36H,1-6H3;/q-3;. The van der Waals surface area contributed by atoms with E-state index in [1.165, 1.54) is 23.3 Å². The van der Waals surface area contributed by atoms with Gasteiger partial charge in [-0.1, -0.05) is 138 Å². The molecule has 1 aliphatic rings. The molecule has 9 aromatic rings. The summed E-state index contributed by atoms with van der Waals surface area (Å²) in [4.78, 5) is 9.32. The van der Waals surface area contributed by atoms with Crippen molar-refractivity contribution >= 4 is 44.6 Å². The predicted octanol–water partition coefficient (Wildman–Crippen LogP) is 15.0. The number of aromatic nitrogens is 2. The van der Waals surface area contributed by atoms with Crippen LogP contribution in [0.15, 0.2) is 164 Å². The second-order valence-electron chi connectivity index (χ2n) is 18.0. The molecule has 7 heteroatoms. The third-order valence-electron chi connectivity index (χ3n) is 11.7. The largest absolute Gasteiger partial charge is 0.509 e. The quantitative estimate of drug-likeness (QED) is 0.149. The molecule has 0 N–H and O–H groups in total. The summed E-state index contributed by atoms with van der Waals surface area (Å²) in [6.07, 6.45) is 1.89. The molecule has 0 aliphatic carbocycles. The van der Waals surface area contributed by atoms with Crippen molar-refractivity contribution in [2.75, 3.05) is 9.80 Å². The number of nitrogens with zero attached hydrogens (tertiary/aromatic N) is 4. The fraction of sp³-hybridized carbons (Fsp3) is 0.143. The SMILES string of the molecule is CC(C)(C)c1ccnc(-n2c3[c-]c(Oc4[c-]c(N5[CH-]N(c6c(-c7ccc(F)cc7)cccc6C(C)(C)C)c6ccccc65)cc(-c5ccccc5)c4)ccc3c3ccccc32)c1.[Pt]. The summed E-state index contributed by atoms with van der Waals surface area (Å²) in [7, 11) is 0. The van der Waals surface area contributed by atoms with E-state index < -0.39 is 0 Å². The first-order valence-corrected chi connectivity index (χ1v) is 21.1. The summed E-state index contributed by atoms with van der Waals surface area (Å²) in [5, 5.41) is 2.19. The molecule has 0 saturated carbocycles. The van der Waals surface area contributed by atoms with E-state index in [4.69, 9.17) is 9.72 Å². The number of pyridine rings is 1. The number of para-hydroxylation sites is 4. The fourth-order valence-electron chi connectivity index (χ4n) is 8.56. The molecular formula is C56H46FN4OPt-3. The van der Waals surface area contributed by atoms with Crippen LogP contribution in [0.25, 0.3) is 49.9 Å². The molecule has 0 unspecified atom stereocenters. The third kappa shape index (κ3) is 7.83. The van der Waals surface area contributed by atoms with Crippen molar-refractivity contribution in [3.8, 4) is 39.6 Å². The van der Waals surface area contributed by atoms with Gasteiger partial charge < -0.3 is 19.1 Å². The van der Waals surface area contributed by atoms with Crippen LogP contribution in [0.1, 0.15) is 52.7 Å². The Bertz CT molecular complexity index is 3130. The molecule has 63 heavy (non-hydrogen) atoms. The van der Waals surface area contributed by atoms with Crippen LogP contribution in [0.2, 0.25) is 0 Å². The van der Waals surface area contributed by atoms with E-state index >= 15 is 0 Å². The predicted molar refractivity (Wildman–Crippen MR) is 252 cm³/mol. The maximum absolute atomic E-state index is 14.2. The van der Waals surface area contributed by atoms with Crippen molar-refractivity contribution in [3.05, 3.63) is 200 Å². The van der Waals surface area contributed by atoms with Crippen molar-refractivity contribution in [2.24, 2.45) is 0 Å². The number of anilines is 4. The van der Waals surface area contributed by atoms with Crippen LogP contribution in [0, 0.1) is 24.6 Å². The van der Waals surface area contributed by atoms with Crippen LogP contribution < -0.4 is 14.5 Å². The van der Waals surface area contributed by atoms with Gasteiger partial charge in [-0.05, 0) is 80.9 Å². The molecule has 316 valence electrons. The van der Waals surface area contributed by atoms with Gasteiger partial charge in [0.15, 0.2) is 0 Å². The second kappa shape index (κ2) is 16.3. The van der Waals surface area contributed by atoms with Gasteiger partial charge in [-0.15, -0.1) is 53.6 Å². The Balaban J connectivity index is 0.00000504. The summed E-state index contributed by atoms with van der Waals surface area (Å²) in [6, 6.07) is 60.2. The number of hydrogen-bond acceptors (Lipinski definition) is 4. The third-order valence-corrected chi connectivity index (χ3v) is 11.7. The topological polar surface area (TPSA) is 33.5 Å². The Morgan fingerprint density at radius 3 is 2.05 bits per heavy atom. The van der Waals surface area contributed by atoms with Gasteiger partial charge in [0, 0.05) is 66.9 Å². The molecular weight excluding hydrogens is 959 g/mol. The Morgan fingerprint density at radius 1 is 0.587 bits per heavy atom. The van der Waals surface area contributed by atoms with E-state index in [2.05, 4.69) is 190 Å². The van der Waals surface area contributed by atoms with Crippen molar-refractivity contribution in [1.82, 2.24) is 9.55 Å². The van der Waals surface area contributed by atoms with Gasteiger partial charge in [-0.25, -0.2) is 9.37 Å². The minimum absolute atomic E-state index is 0. The average molecular weight is 1010 g/mol. The van der Waals surface area contributed by atoms with Crippen LogP contribution in [-0.2, 0) is 31.9 Å². The van der Waals surface area contributed by atoms with Crippen molar-refractivity contribution in [2.45, 2.75) is 52.4 Å². The fourth-order valence-corrected chi connectivity index (χ4v) is 8.56. The molecule has 5 nitrogen and oxygen atoms in total. The molecule has 0 spiro atoms. The summed E-state index contributed by atoms with van der Waals surface area (Å²) >= 11 is 0. The Hall–Kier alpha value is -6.49. The van der Waals surface area contributed by atoms with E-state index in [0.717, 1.165) is 72.6 Å². The average Bonchev–Trinajstić information content (AvgIpc) is 3.82. The van der Waals surface area contributed by atoms with E-state index in [1.54, 1.807) is 0 Å². The van der Waals surface area contributed by atoms with Crippen LogP contribution in [0.4, 0.5) is 27.1 Å². The van der Waals surface area contributed by atoms with E-state index in [1.807, 2.05) is 36.5 Å². The van der Waals surface area contributed by atoms with Crippen LogP contribution >= 0.6 is 0 Å². The number of rotatable bonds is 7. The summed E-state index contributed by atoms with van der Waals surface area (Å²) in [5.74, 6) is 1.69. The zero-order valence-electron chi connectivity index (χ0n) is 36.1. The summed E-state index contributed by atoms with van der Waals surface area (Å²) in [6.45, 7) is 15.5. The van der Waals surface area contributed by atoms with Crippen LogP contribution in [0.3, 0.4) is 0 Å². The Kier molecular flexibility index (Phi) is 10.8. The first-order chi connectivity index (χ1) is 29.9. The van der Waals surface area contributed by atoms with Crippen LogP contribution in [0.5, 0.6) is 11.5 Å². The van der Waals surface area contributed by atoms with Gasteiger partial charge in [-0.3, -0.25) is 0 Å². The monoisotopic (exact) mass is 1000 g/mol. The Morgan fingerprint density at radius 2 is 1.30 bits per heavy atom. The smallest absolute Gasteiger partial charge is 0.135 e. The zero-order valence-corrected chi connectivity index (χ0v) is 38.3. The zero-order chi connectivity index (χ0) is 42.8. The summed E-state index contributed by atoms with van der Waals surface area (Å²) < 4.78 is 23.3. The van der Waals surface area contributed by atoms with E-state index in [-0.39, 0.29) is 37.7 Å². The van der Waals surface area contributed by atoms with Gasteiger partial charge in [0.1, 0.15) is 11.6 Å². The molecule has 1 aliphatic heterocycles. The molecule has 0 atom stereocenters. The maximum atomic E-state index is 14.2. The number of halogens is 1. The van der Waals surface area contributed by atoms with Crippen molar-refractivity contribution in [3.63, 3.8) is 0 Å². The molecule has 0 fully saturated rings. The number of hydrogen-bond donors (Lipinski definition) is 0. The maximum Gasteiger partial charge on any atom is 0.135 e. The van der Waals surface area contributed by atoms with Crippen molar-refractivity contribution < 1.29 is 30.2 Å². The molecule has 0 amide bonds. The molecule has 0 saturated heterocycles. The first-order valence-electron chi connectivity index (χ1n) is 21.1. The van der Waals surface area contributed by atoms with Gasteiger partial charge in [0.25, 0.3) is 0 Å². The van der Waals surface area contributed by atoms with Gasteiger partial charge in [0.05, 0.1) is 0 Å². The minimum atomic E-state index is -0.263. The Labute approximate surface area is 383 Å². The van der Waals surface area contributed by atoms with Gasteiger partial charge in [0.2, 0.25) is 0 Å². The minimum Gasteiger partial charge on any atom is -0.509 e. The molecule has 7 aromatic carbocycles. The molecule has 10 rings (SSSR count). The first kappa shape index (κ1) is 41.8. The number of ether oxygens (including phenoxy) is 1. The second-order valence-corrected chi connectivity index (χ2v) is 18.0.